The van der Waals surface area contributed by atoms with Gasteiger partial charge in [-0.3, -0.25) is 0 Å². The van der Waals surface area contributed by atoms with Crippen LogP contribution < -0.4 is 5.32 Å². The Morgan fingerprint density at radius 2 is 1.84 bits per heavy atom. The summed E-state index contributed by atoms with van der Waals surface area (Å²) in [6.07, 6.45) is 6.46. The fraction of sp³-hybridized carbons (Fsp3) is 0.562. The van der Waals surface area contributed by atoms with E-state index in [0.29, 0.717) is 11.6 Å². The van der Waals surface area contributed by atoms with Crippen LogP contribution in [0.25, 0.3) is 0 Å². The van der Waals surface area contributed by atoms with Crippen molar-refractivity contribution in [2.24, 2.45) is 5.92 Å². The van der Waals surface area contributed by atoms with E-state index in [1.54, 1.807) is 0 Å². The van der Waals surface area contributed by atoms with Gasteiger partial charge < -0.3 is 10.1 Å². The van der Waals surface area contributed by atoms with Gasteiger partial charge in [0.15, 0.2) is 0 Å². The molecule has 1 aromatic carbocycles. The normalized spacial score (nSPS) is 22.8. The second-order valence-electron chi connectivity index (χ2n) is 5.34. The predicted octanol–water partition coefficient (Wildman–Crippen LogP) is 3.85. The minimum Gasteiger partial charge on any atom is -0.465 e. The molecule has 0 amide bonds. The molecule has 1 saturated carbocycles. The molecule has 104 valence electrons. The average molecular weight is 261 g/mol. The maximum Gasteiger partial charge on any atom is 0.337 e. The topological polar surface area (TPSA) is 38.3 Å². The monoisotopic (exact) mass is 261 g/mol. The van der Waals surface area contributed by atoms with Crippen molar-refractivity contribution in [3.8, 4) is 0 Å². The van der Waals surface area contributed by atoms with E-state index in [0.717, 1.165) is 11.6 Å². The molecule has 0 spiro atoms. The van der Waals surface area contributed by atoms with Crippen LogP contribution in [0, 0.1) is 5.92 Å². The van der Waals surface area contributed by atoms with Crippen molar-refractivity contribution in [3.05, 3.63) is 29.8 Å². The molecular formula is C16H23NO2. The van der Waals surface area contributed by atoms with Crippen molar-refractivity contribution in [3.63, 3.8) is 0 Å². The molecule has 0 saturated heterocycles. The number of rotatable bonds is 4. The average Bonchev–Trinajstić information content (AvgIpc) is 2.48. The maximum absolute atomic E-state index is 11.3. The van der Waals surface area contributed by atoms with Gasteiger partial charge in [0.1, 0.15) is 0 Å². The van der Waals surface area contributed by atoms with Gasteiger partial charge in [-0.2, -0.15) is 0 Å². The molecule has 1 aliphatic carbocycles. The number of nitrogens with one attached hydrogen (secondary N) is 1. The lowest BCUT2D eigenvalue weighted by Gasteiger charge is -2.29. The van der Waals surface area contributed by atoms with Crippen LogP contribution in [-0.4, -0.2) is 19.1 Å². The van der Waals surface area contributed by atoms with E-state index < -0.39 is 0 Å². The molecule has 19 heavy (non-hydrogen) atoms. The van der Waals surface area contributed by atoms with Gasteiger partial charge in [-0.05, 0) is 55.9 Å². The van der Waals surface area contributed by atoms with Crippen LogP contribution >= 0.6 is 0 Å². The van der Waals surface area contributed by atoms with E-state index in [2.05, 4.69) is 12.2 Å². The van der Waals surface area contributed by atoms with Crippen LogP contribution in [0.4, 0.5) is 5.69 Å². The number of hydrogen-bond acceptors (Lipinski definition) is 3. The Kier molecular flexibility index (Phi) is 4.83. The van der Waals surface area contributed by atoms with Gasteiger partial charge in [-0.15, -0.1) is 0 Å². The summed E-state index contributed by atoms with van der Waals surface area (Å²) >= 11 is 0. The number of carbonyl (C=O) groups excluding carboxylic acids is 1. The van der Waals surface area contributed by atoms with Crippen molar-refractivity contribution < 1.29 is 9.53 Å². The van der Waals surface area contributed by atoms with E-state index in [1.807, 2.05) is 24.3 Å². The fourth-order valence-corrected chi connectivity index (χ4v) is 2.77. The Bertz CT molecular complexity index is 405. The van der Waals surface area contributed by atoms with E-state index in [9.17, 15) is 4.79 Å². The Labute approximate surface area is 115 Å². The molecule has 0 atom stereocenters. The molecule has 0 radical (unpaired) electrons. The summed E-state index contributed by atoms with van der Waals surface area (Å²) < 4.78 is 4.69. The fourth-order valence-electron chi connectivity index (χ4n) is 2.77. The highest BCUT2D eigenvalue weighted by molar-refractivity contribution is 5.89. The number of anilines is 1. The van der Waals surface area contributed by atoms with Crippen molar-refractivity contribution in [1.82, 2.24) is 0 Å². The van der Waals surface area contributed by atoms with Crippen LogP contribution in [0.5, 0.6) is 0 Å². The molecule has 1 N–H and O–H groups in total. The van der Waals surface area contributed by atoms with Crippen molar-refractivity contribution in [1.29, 1.82) is 0 Å². The number of benzene rings is 1. The summed E-state index contributed by atoms with van der Waals surface area (Å²) in [4.78, 5) is 11.3. The Balaban J connectivity index is 1.88. The minimum absolute atomic E-state index is 0.282. The highest BCUT2D eigenvalue weighted by Crippen LogP contribution is 2.28. The third kappa shape index (κ3) is 3.72. The number of hydrogen-bond donors (Lipinski definition) is 1. The molecule has 0 heterocycles. The summed E-state index contributed by atoms with van der Waals surface area (Å²) in [6, 6.07) is 8.11. The van der Waals surface area contributed by atoms with Gasteiger partial charge in [0.05, 0.1) is 12.7 Å². The molecule has 3 heteroatoms. The number of methoxy groups -OCH3 is 1. The van der Waals surface area contributed by atoms with Crippen molar-refractivity contribution in [2.45, 2.75) is 45.1 Å². The quantitative estimate of drug-likeness (QED) is 0.836. The zero-order valence-corrected chi connectivity index (χ0v) is 11.8. The first kappa shape index (κ1) is 13.9. The molecule has 1 aromatic rings. The van der Waals surface area contributed by atoms with Gasteiger partial charge >= 0.3 is 5.97 Å². The number of carbonyl (C=O) groups is 1. The Morgan fingerprint density at radius 3 is 2.37 bits per heavy atom. The first-order valence-corrected chi connectivity index (χ1v) is 7.17. The molecule has 0 aromatic heterocycles. The summed E-state index contributed by atoms with van der Waals surface area (Å²) in [5, 5.41) is 3.56. The van der Waals surface area contributed by atoms with Crippen molar-refractivity contribution in [2.75, 3.05) is 12.4 Å². The molecular weight excluding hydrogens is 238 g/mol. The second kappa shape index (κ2) is 6.60. The molecule has 0 aliphatic heterocycles. The van der Waals surface area contributed by atoms with E-state index in [-0.39, 0.29) is 5.97 Å². The van der Waals surface area contributed by atoms with Gasteiger partial charge in [-0.25, -0.2) is 4.79 Å². The van der Waals surface area contributed by atoms with Crippen LogP contribution in [0.1, 0.15) is 49.4 Å². The molecule has 2 rings (SSSR count). The van der Waals surface area contributed by atoms with Gasteiger partial charge in [0, 0.05) is 11.7 Å². The third-order valence-corrected chi connectivity index (χ3v) is 4.10. The zero-order chi connectivity index (χ0) is 13.7. The zero-order valence-electron chi connectivity index (χ0n) is 11.8. The molecule has 3 nitrogen and oxygen atoms in total. The standard InChI is InChI=1S/C16H23NO2/c1-3-12-4-8-14(9-5-12)17-15-10-6-13(7-11-15)16(18)19-2/h6-7,10-12,14,17H,3-5,8-9H2,1-2H3. The highest BCUT2D eigenvalue weighted by atomic mass is 16.5. The Hall–Kier alpha value is -1.51. The van der Waals surface area contributed by atoms with Gasteiger partial charge in [-0.1, -0.05) is 13.3 Å². The van der Waals surface area contributed by atoms with Crippen LogP contribution in [0.15, 0.2) is 24.3 Å². The SMILES string of the molecule is CCC1CCC(Nc2ccc(C(=O)OC)cc2)CC1. The molecule has 1 aliphatic rings. The van der Waals surface area contributed by atoms with Crippen LogP contribution in [-0.2, 0) is 4.74 Å². The van der Waals surface area contributed by atoms with Crippen LogP contribution in [0.2, 0.25) is 0 Å². The Morgan fingerprint density at radius 1 is 1.21 bits per heavy atom. The summed E-state index contributed by atoms with van der Waals surface area (Å²) in [5.74, 6) is 0.634. The first-order chi connectivity index (χ1) is 9.22. The maximum atomic E-state index is 11.3. The number of ether oxygens (including phenoxy) is 1. The summed E-state index contributed by atoms with van der Waals surface area (Å²) in [7, 11) is 1.40. The van der Waals surface area contributed by atoms with Gasteiger partial charge in [0.2, 0.25) is 0 Å². The molecule has 1 fully saturated rings. The lowest BCUT2D eigenvalue weighted by molar-refractivity contribution is 0.0601. The van der Waals surface area contributed by atoms with E-state index in [4.69, 9.17) is 4.74 Å². The molecule has 0 bridgehead atoms. The van der Waals surface area contributed by atoms with Gasteiger partial charge in [0.25, 0.3) is 0 Å². The summed E-state index contributed by atoms with van der Waals surface area (Å²) in [5.41, 5.74) is 1.69. The molecule has 0 unspecified atom stereocenters. The largest absolute Gasteiger partial charge is 0.465 e. The van der Waals surface area contributed by atoms with E-state index >= 15 is 0 Å². The van der Waals surface area contributed by atoms with E-state index in [1.165, 1.54) is 39.2 Å². The third-order valence-electron chi connectivity index (χ3n) is 4.10. The number of esters is 1. The first-order valence-electron chi connectivity index (χ1n) is 7.17. The lowest BCUT2D eigenvalue weighted by Crippen LogP contribution is -2.25. The minimum atomic E-state index is -0.282. The predicted molar refractivity (Wildman–Crippen MR) is 77.4 cm³/mol. The second-order valence-corrected chi connectivity index (χ2v) is 5.34. The lowest BCUT2D eigenvalue weighted by atomic mass is 9.84. The van der Waals surface area contributed by atoms with Crippen LogP contribution in [0.3, 0.4) is 0 Å². The summed E-state index contributed by atoms with van der Waals surface area (Å²) in [6.45, 7) is 2.28. The highest BCUT2D eigenvalue weighted by Gasteiger charge is 2.19. The smallest absolute Gasteiger partial charge is 0.337 e. The van der Waals surface area contributed by atoms with Crippen molar-refractivity contribution >= 4 is 11.7 Å².